The second kappa shape index (κ2) is 10.6. The molecule has 0 saturated carbocycles. The van der Waals surface area contributed by atoms with Gasteiger partial charge < -0.3 is 14.2 Å². The summed E-state index contributed by atoms with van der Waals surface area (Å²) in [6.45, 7) is 3.00. The lowest BCUT2D eigenvalue weighted by molar-refractivity contribution is -0.136. The maximum absolute atomic E-state index is 13.5. The fourth-order valence-electron chi connectivity index (χ4n) is 3.93. The van der Waals surface area contributed by atoms with E-state index < -0.39 is 18.0 Å². The van der Waals surface area contributed by atoms with Crippen molar-refractivity contribution >= 4 is 35.4 Å². The number of benzene rings is 2. The Morgan fingerprint density at radius 2 is 1.83 bits per heavy atom. The molecule has 2 heterocycles. The van der Waals surface area contributed by atoms with Gasteiger partial charge in [-0.1, -0.05) is 59.9 Å². The van der Waals surface area contributed by atoms with Crippen molar-refractivity contribution in [2.75, 3.05) is 14.2 Å². The molecule has 0 radical (unpaired) electrons. The first-order valence-corrected chi connectivity index (χ1v) is 11.8. The molecular formula is C27H24N2O6S. The van der Waals surface area contributed by atoms with E-state index in [1.165, 1.54) is 37.0 Å². The monoisotopic (exact) mass is 504 g/mol. The Labute approximate surface area is 211 Å². The zero-order chi connectivity index (χ0) is 25.8. The molecule has 0 bridgehead atoms. The lowest BCUT2D eigenvalue weighted by atomic mass is 9.95. The third-order valence-corrected chi connectivity index (χ3v) is 6.52. The van der Waals surface area contributed by atoms with Crippen LogP contribution in [-0.2, 0) is 14.3 Å². The standard InChI is InChI=1S/C27H24N2O6S/c1-16-23(26(32)34-4)24(19-13-14-20(35-17(2)30)21(15-19)33-3)29-25(31)22(36-27(29)28-16)12-8-11-18-9-6-5-7-10-18/h5-15,24H,1-4H3/b11-8+,22-12+. The van der Waals surface area contributed by atoms with Crippen molar-refractivity contribution in [3.63, 3.8) is 0 Å². The predicted octanol–water partition coefficient (Wildman–Crippen LogP) is 3.01. The minimum atomic E-state index is -0.811. The fourth-order valence-corrected chi connectivity index (χ4v) is 4.92. The van der Waals surface area contributed by atoms with Crippen LogP contribution in [0.3, 0.4) is 0 Å². The van der Waals surface area contributed by atoms with E-state index in [1.54, 1.807) is 31.2 Å². The van der Waals surface area contributed by atoms with Gasteiger partial charge in [-0.3, -0.25) is 14.2 Å². The van der Waals surface area contributed by atoms with Crippen LogP contribution in [0.5, 0.6) is 11.5 Å². The Morgan fingerprint density at radius 3 is 2.50 bits per heavy atom. The van der Waals surface area contributed by atoms with E-state index in [-0.39, 0.29) is 22.6 Å². The average Bonchev–Trinajstić information content (AvgIpc) is 3.17. The van der Waals surface area contributed by atoms with Gasteiger partial charge in [0.05, 0.1) is 36.1 Å². The summed E-state index contributed by atoms with van der Waals surface area (Å²) in [5.74, 6) is -0.576. The summed E-state index contributed by atoms with van der Waals surface area (Å²) in [4.78, 5) is 42.8. The molecule has 0 amide bonds. The van der Waals surface area contributed by atoms with Gasteiger partial charge in [-0.05, 0) is 36.3 Å². The van der Waals surface area contributed by atoms with Gasteiger partial charge in [-0.25, -0.2) is 9.79 Å². The topological polar surface area (TPSA) is 96.2 Å². The number of carbonyl (C=O) groups is 2. The highest BCUT2D eigenvalue weighted by molar-refractivity contribution is 7.07. The van der Waals surface area contributed by atoms with E-state index in [0.717, 1.165) is 5.56 Å². The molecule has 1 unspecified atom stereocenters. The zero-order valence-corrected chi connectivity index (χ0v) is 21.0. The number of hydrogen-bond donors (Lipinski definition) is 0. The molecule has 0 spiro atoms. The van der Waals surface area contributed by atoms with Crippen molar-refractivity contribution in [2.24, 2.45) is 4.99 Å². The lowest BCUT2D eigenvalue weighted by Gasteiger charge is -2.25. The Bertz CT molecular complexity index is 1560. The number of nitrogens with zero attached hydrogens (tertiary/aromatic N) is 2. The molecule has 184 valence electrons. The summed E-state index contributed by atoms with van der Waals surface area (Å²) in [5.41, 5.74) is 1.97. The zero-order valence-electron chi connectivity index (χ0n) is 20.2. The van der Waals surface area contributed by atoms with Gasteiger partial charge in [-0.15, -0.1) is 0 Å². The molecule has 36 heavy (non-hydrogen) atoms. The summed E-state index contributed by atoms with van der Waals surface area (Å²) in [5, 5.41) is 0. The molecule has 3 aromatic rings. The van der Waals surface area contributed by atoms with Crippen LogP contribution in [-0.4, -0.2) is 30.7 Å². The number of methoxy groups -OCH3 is 2. The maximum Gasteiger partial charge on any atom is 0.338 e. The normalized spacial score (nSPS) is 15.4. The van der Waals surface area contributed by atoms with Crippen LogP contribution >= 0.6 is 11.3 Å². The largest absolute Gasteiger partial charge is 0.493 e. The number of fused-ring (bicyclic) bond motifs is 1. The summed E-state index contributed by atoms with van der Waals surface area (Å²) >= 11 is 1.23. The first-order chi connectivity index (χ1) is 17.3. The van der Waals surface area contributed by atoms with Crippen LogP contribution in [0.15, 0.2) is 75.7 Å². The van der Waals surface area contributed by atoms with Gasteiger partial charge in [0, 0.05) is 6.92 Å². The van der Waals surface area contributed by atoms with Crippen LogP contribution in [0.1, 0.15) is 31.0 Å². The molecule has 0 N–H and O–H groups in total. The molecule has 0 aliphatic carbocycles. The highest BCUT2D eigenvalue weighted by Gasteiger charge is 2.33. The van der Waals surface area contributed by atoms with Crippen LogP contribution in [0, 0.1) is 0 Å². The predicted molar refractivity (Wildman–Crippen MR) is 136 cm³/mol. The summed E-state index contributed by atoms with van der Waals surface area (Å²) in [6, 6.07) is 13.8. The van der Waals surface area contributed by atoms with Crippen LogP contribution in [0.25, 0.3) is 12.2 Å². The molecule has 1 atom stereocenters. The van der Waals surface area contributed by atoms with E-state index in [9.17, 15) is 14.4 Å². The van der Waals surface area contributed by atoms with E-state index in [1.807, 2.05) is 42.5 Å². The third kappa shape index (κ3) is 4.92. The second-order valence-electron chi connectivity index (χ2n) is 7.87. The van der Waals surface area contributed by atoms with Gasteiger partial charge in [0.25, 0.3) is 5.56 Å². The Hall–Kier alpha value is -4.24. The van der Waals surface area contributed by atoms with Crippen LogP contribution < -0.4 is 24.4 Å². The number of carbonyl (C=O) groups excluding carboxylic acids is 2. The molecule has 1 aliphatic heterocycles. The molecule has 0 saturated heterocycles. The fraction of sp³-hybridized carbons (Fsp3) is 0.185. The van der Waals surface area contributed by atoms with E-state index in [4.69, 9.17) is 14.2 Å². The van der Waals surface area contributed by atoms with Gasteiger partial charge in [0.2, 0.25) is 0 Å². The molecule has 1 aromatic heterocycles. The Balaban J connectivity index is 1.88. The summed E-state index contributed by atoms with van der Waals surface area (Å²) in [6.07, 6.45) is 5.44. The van der Waals surface area contributed by atoms with Crippen molar-refractivity contribution in [3.8, 4) is 11.5 Å². The quantitative estimate of drug-likeness (QED) is 0.378. The number of ether oxygens (including phenoxy) is 3. The number of thiazole rings is 1. The van der Waals surface area contributed by atoms with Crippen molar-refractivity contribution in [1.82, 2.24) is 4.57 Å². The van der Waals surface area contributed by atoms with Crippen molar-refractivity contribution < 1.29 is 23.8 Å². The molecule has 8 nitrogen and oxygen atoms in total. The number of esters is 2. The molecule has 9 heteroatoms. The Morgan fingerprint density at radius 1 is 1.08 bits per heavy atom. The van der Waals surface area contributed by atoms with Gasteiger partial charge in [-0.2, -0.15) is 0 Å². The highest BCUT2D eigenvalue weighted by Crippen LogP contribution is 2.36. The van der Waals surface area contributed by atoms with E-state index in [2.05, 4.69) is 4.99 Å². The minimum absolute atomic E-state index is 0.229. The smallest absolute Gasteiger partial charge is 0.338 e. The summed E-state index contributed by atoms with van der Waals surface area (Å²) < 4.78 is 17.6. The average molecular weight is 505 g/mol. The van der Waals surface area contributed by atoms with E-state index >= 15 is 0 Å². The highest BCUT2D eigenvalue weighted by atomic mass is 32.1. The molecular weight excluding hydrogens is 480 g/mol. The van der Waals surface area contributed by atoms with Crippen molar-refractivity contribution in [1.29, 1.82) is 0 Å². The minimum Gasteiger partial charge on any atom is -0.493 e. The second-order valence-corrected chi connectivity index (χ2v) is 8.88. The number of allylic oxidation sites excluding steroid dienone is 2. The van der Waals surface area contributed by atoms with E-state index in [0.29, 0.717) is 20.6 Å². The van der Waals surface area contributed by atoms with Gasteiger partial charge >= 0.3 is 11.9 Å². The molecule has 0 fully saturated rings. The molecule has 1 aliphatic rings. The van der Waals surface area contributed by atoms with Gasteiger partial charge in [0.15, 0.2) is 16.3 Å². The lowest BCUT2D eigenvalue weighted by Crippen LogP contribution is -2.39. The first kappa shape index (κ1) is 24.9. The van der Waals surface area contributed by atoms with Crippen LogP contribution in [0.2, 0.25) is 0 Å². The van der Waals surface area contributed by atoms with Crippen molar-refractivity contribution in [3.05, 3.63) is 96.7 Å². The third-order valence-electron chi connectivity index (χ3n) is 5.52. The SMILES string of the molecule is COC(=O)C1=C(C)N=c2s/c(=C/C=C/c3ccccc3)c(=O)n2C1c1ccc(OC(C)=O)c(OC)c1. The number of rotatable bonds is 6. The van der Waals surface area contributed by atoms with Crippen LogP contribution in [0.4, 0.5) is 0 Å². The number of hydrogen-bond acceptors (Lipinski definition) is 8. The maximum atomic E-state index is 13.5. The summed E-state index contributed by atoms with van der Waals surface area (Å²) in [7, 11) is 2.72. The number of aromatic nitrogens is 1. The molecule has 2 aromatic carbocycles. The Kier molecular flexibility index (Phi) is 7.30. The van der Waals surface area contributed by atoms with Gasteiger partial charge in [0.1, 0.15) is 0 Å². The van der Waals surface area contributed by atoms with Crippen molar-refractivity contribution in [2.45, 2.75) is 19.9 Å². The molecule has 4 rings (SSSR count). The first-order valence-electron chi connectivity index (χ1n) is 11.0.